The summed E-state index contributed by atoms with van der Waals surface area (Å²) >= 11 is 0. The van der Waals surface area contributed by atoms with E-state index in [0.717, 1.165) is 18.1 Å². The molecule has 1 aliphatic rings. The zero-order chi connectivity index (χ0) is 25.9. The molecule has 11 heteroatoms. The Bertz CT molecular complexity index is 1260. The number of piperazine rings is 1. The third-order valence-electron chi connectivity index (χ3n) is 5.98. The van der Waals surface area contributed by atoms with Gasteiger partial charge in [0.15, 0.2) is 5.78 Å². The molecule has 0 atom stereocenters. The fraction of sp³-hybridized carbons (Fsp3) is 0.320. The summed E-state index contributed by atoms with van der Waals surface area (Å²) in [5, 5.41) is 0. The number of amides is 1. The molecule has 0 radical (unpaired) electrons. The maximum absolute atomic E-state index is 14.6. The second-order valence-corrected chi connectivity index (χ2v) is 8.42. The molecule has 0 unspecified atom stereocenters. The van der Waals surface area contributed by atoms with E-state index >= 15 is 0 Å². The highest BCUT2D eigenvalue weighted by Crippen LogP contribution is 2.30. The number of hydrogen-bond donors (Lipinski definition) is 0. The summed E-state index contributed by atoms with van der Waals surface area (Å²) in [5.74, 6) is -0.193. The molecule has 4 rings (SSSR count). The highest BCUT2D eigenvalue weighted by molar-refractivity contribution is 5.96. The number of halogens is 4. The first kappa shape index (κ1) is 25.2. The van der Waals surface area contributed by atoms with Gasteiger partial charge in [0, 0.05) is 69.2 Å². The molecule has 1 fully saturated rings. The van der Waals surface area contributed by atoms with Gasteiger partial charge in [0.1, 0.15) is 23.0 Å². The molecule has 0 N–H and O–H groups in total. The molecular weight excluding hydrogens is 478 g/mol. The van der Waals surface area contributed by atoms with Crippen LogP contribution in [0, 0.1) is 5.82 Å². The van der Waals surface area contributed by atoms with Gasteiger partial charge in [-0.15, -0.1) is 0 Å². The molecule has 0 saturated carbocycles. The van der Waals surface area contributed by atoms with Crippen LogP contribution in [0.2, 0.25) is 0 Å². The number of rotatable bonds is 6. The number of carbonyl (C=O) groups excluding carboxylic acids is 2. The highest BCUT2D eigenvalue weighted by atomic mass is 19.4. The molecular formula is C25H23F4N5O2. The number of hydrogen-bond acceptors (Lipinski definition) is 6. The monoisotopic (exact) mass is 501 g/mol. The number of alkyl halides is 3. The van der Waals surface area contributed by atoms with Gasteiger partial charge in [-0.2, -0.15) is 13.2 Å². The van der Waals surface area contributed by atoms with Crippen LogP contribution in [0.3, 0.4) is 0 Å². The lowest BCUT2D eigenvalue weighted by Gasteiger charge is -2.34. The average Bonchev–Trinajstić information content (AvgIpc) is 2.87. The van der Waals surface area contributed by atoms with Crippen molar-refractivity contribution in [1.82, 2.24) is 19.9 Å². The van der Waals surface area contributed by atoms with Crippen LogP contribution >= 0.6 is 0 Å². The van der Waals surface area contributed by atoms with E-state index < -0.39 is 17.7 Å². The van der Waals surface area contributed by atoms with E-state index in [1.54, 1.807) is 24.0 Å². The Hall–Kier alpha value is -3.89. The highest BCUT2D eigenvalue weighted by Gasteiger charge is 2.32. The Morgan fingerprint density at radius 2 is 1.72 bits per heavy atom. The second kappa shape index (κ2) is 10.4. The number of anilines is 1. The lowest BCUT2D eigenvalue weighted by Crippen LogP contribution is -2.48. The first-order valence-corrected chi connectivity index (χ1v) is 11.3. The van der Waals surface area contributed by atoms with Crippen LogP contribution in [0.5, 0.6) is 0 Å². The van der Waals surface area contributed by atoms with Gasteiger partial charge in [-0.25, -0.2) is 9.37 Å². The van der Waals surface area contributed by atoms with Crippen LogP contribution < -0.4 is 4.90 Å². The molecule has 1 saturated heterocycles. The van der Waals surface area contributed by atoms with Gasteiger partial charge in [0.2, 0.25) is 5.91 Å². The van der Waals surface area contributed by atoms with E-state index in [9.17, 15) is 27.2 Å². The Labute approximate surface area is 204 Å². The van der Waals surface area contributed by atoms with E-state index in [4.69, 9.17) is 0 Å². The molecule has 1 aliphatic heterocycles. The summed E-state index contributed by atoms with van der Waals surface area (Å²) in [4.78, 5) is 39.5. The van der Waals surface area contributed by atoms with Crippen molar-refractivity contribution >= 4 is 17.5 Å². The van der Waals surface area contributed by atoms with Crippen molar-refractivity contribution in [2.24, 2.45) is 0 Å². The summed E-state index contributed by atoms with van der Waals surface area (Å²) in [6, 6.07) is 6.62. The van der Waals surface area contributed by atoms with Crippen molar-refractivity contribution in [1.29, 1.82) is 0 Å². The number of ketones is 1. The Morgan fingerprint density at radius 1 is 0.972 bits per heavy atom. The van der Waals surface area contributed by atoms with Crippen LogP contribution in [0.1, 0.15) is 35.0 Å². The van der Waals surface area contributed by atoms with Crippen molar-refractivity contribution in [3.63, 3.8) is 0 Å². The Kier molecular flexibility index (Phi) is 7.27. The summed E-state index contributed by atoms with van der Waals surface area (Å²) in [6.45, 7) is 4.09. The molecule has 7 nitrogen and oxygen atoms in total. The summed E-state index contributed by atoms with van der Waals surface area (Å²) in [5.41, 5.74) is -0.521. The number of aryl methyl sites for hydroxylation is 1. The van der Waals surface area contributed by atoms with Gasteiger partial charge < -0.3 is 9.80 Å². The van der Waals surface area contributed by atoms with E-state index in [1.165, 1.54) is 24.5 Å². The lowest BCUT2D eigenvalue weighted by molar-refractivity contribution is -0.141. The zero-order valence-corrected chi connectivity index (χ0v) is 19.4. The predicted octanol–water partition coefficient (Wildman–Crippen LogP) is 4.18. The topological polar surface area (TPSA) is 79.3 Å². The Balaban J connectivity index is 1.36. The first-order valence-electron chi connectivity index (χ1n) is 11.3. The summed E-state index contributed by atoms with van der Waals surface area (Å²) in [6.07, 6.45) is -0.546. The lowest BCUT2D eigenvalue weighted by atomic mass is 10.0. The first-order chi connectivity index (χ1) is 17.1. The third kappa shape index (κ3) is 5.84. The maximum Gasteiger partial charge on any atom is 0.433 e. The molecule has 1 amide bonds. The largest absolute Gasteiger partial charge is 0.433 e. The SMILES string of the molecule is CC(=O)N1CCN(c2ccc(C(=O)CCc3cnc(-c4ccnc(C(F)(F)F)c4)c(F)c3)cn2)CC1. The van der Waals surface area contributed by atoms with Gasteiger partial charge >= 0.3 is 6.18 Å². The fourth-order valence-electron chi connectivity index (χ4n) is 3.95. The maximum atomic E-state index is 14.6. The van der Waals surface area contributed by atoms with Gasteiger partial charge in [-0.05, 0) is 42.3 Å². The minimum absolute atomic E-state index is 0.0358. The van der Waals surface area contributed by atoms with Crippen LogP contribution in [-0.2, 0) is 17.4 Å². The smallest absolute Gasteiger partial charge is 0.353 e. The van der Waals surface area contributed by atoms with Crippen molar-refractivity contribution in [3.05, 3.63) is 71.6 Å². The Morgan fingerprint density at radius 3 is 2.33 bits per heavy atom. The van der Waals surface area contributed by atoms with E-state index in [-0.39, 0.29) is 35.8 Å². The minimum Gasteiger partial charge on any atom is -0.353 e. The molecule has 0 bridgehead atoms. The number of nitrogens with zero attached hydrogens (tertiary/aromatic N) is 5. The zero-order valence-electron chi connectivity index (χ0n) is 19.4. The van der Waals surface area contributed by atoms with E-state index in [2.05, 4.69) is 15.0 Å². The molecule has 0 aliphatic carbocycles. The molecule has 0 aromatic carbocycles. The van der Waals surface area contributed by atoms with E-state index in [0.29, 0.717) is 37.3 Å². The normalized spacial score (nSPS) is 14.1. The van der Waals surface area contributed by atoms with Crippen LogP contribution in [0.25, 0.3) is 11.3 Å². The second-order valence-electron chi connectivity index (χ2n) is 8.42. The van der Waals surface area contributed by atoms with Crippen LogP contribution in [0.4, 0.5) is 23.4 Å². The molecule has 3 aromatic rings. The van der Waals surface area contributed by atoms with Crippen LogP contribution in [-0.4, -0.2) is 57.7 Å². The molecule has 0 spiro atoms. The molecule has 3 aromatic heterocycles. The van der Waals surface area contributed by atoms with Crippen molar-refractivity contribution in [2.75, 3.05) is 31.1 Å². The summed E-state index contributed by atoms with van der Waals surface area (Å²) in [7, 11) is 0. The number of carbonyl (C=O) groups is 2. The van der Waals surface area contributed by atoms with Crippen molar-refractivity contribution < 1.29 is 27.2 Å². The molecule has 4 heterocycles. The predicted molar refractivity (Wildman–Crippen MR) is 124 cm³/mol. The fourth-order valence-corrected chi connectivity index (χ4v) is 3.95. The standard InChI is InChI=1S/C25H23F4N5O2/c1-16(35)33-8-10-34(11-9-33)23-5-3-19(15-31-23)21(36)4-2-17-12-20(26)24(32-14-17)18-6-7-30-22(13-18)25(27,28)29/h3,5-7,12-15H,2,4,8-11H2,1H3. The number of Topliss-reactive ketones (excluding diaryl/α,β-unsaturated/α-hetero) is 1. The van der Waals surface area contributed by atoms with Gasteiger partial charge in [0.25, 0.3) is 0 Å². The van der Waals surface area contributed by atoms with Gasteiger partial charge in [0.05, 0.1) is 0 Å². The number of pyridine rings is 3. The minimum atomic E-state index is -4.65. The van der Waals surface area contributed by atoms with Gasteiger partial charge in [-0.1, -0.05) is 0 Å². The average molecular weight is 501 g/mol. The molecule has 188 valence electrons. The molecule has 36 heavy (non-hydrogen) atoms. The van der Waals surface area contributed by atoms with Crippen molar-refractivity contribution in [2.45, 2.75) is 25.9 Å². The third-order valence-corrected chi connectivity index (χ3v) is 5.98. The van der Waals surface area contributed by atoms with Crippen molar-refractivity contribution in [3.8, 4) is 11.3 Å². The number of aromatic nitrogens is 3. The van der Waals surface area contributed by atoms with Crippen LogP contribution in [0.15, 0.2) is 48.9 Å². The van der Waals surface area contributed by atoms with Gasteiger partial charge in [-0.3, -0.25) is 19.6 Å². The van der Waals surface area contributed by atoms with E-state index in [1.807, 2.05) is 4.90 Å². The quantitative estimate of drug-likeness (QED) is 0.373. The summed E-state index contributed by atoms with van der Waals surface area (Å²) < 4.78 is 53.3.